The molecule has 1 fully saturated rings. The minimum Gasteiger partial charge on any atom is -0.375 e. The van der Waals surface area contributed by atoms with E-state index < -0.39 is 19.5 Å². The Morgan fingerprint density at radius 2 is 2.12 bits per heavy atom. The normalized spacial score (nSPS) is 36.8. The van der Waals surface area contributed by atoms with E-state index in [0.717, 1.165) is 0 Å². The Bertz CT molecular complexity index is 62.8. The molecule has 0 amide bonds. The van der Waals surface area contributed by atoms with Crippen molar-refractivity contribution in [3.8, 4) is 0 Å². The van der Waals surface area contributed by atoms with Gasteiger partial charge in [-0.15, -0.1) is 0 Å². The zero-order valence-corrected chi connectivity index (χ0v) is 4.44. The van der Waals surface area contributed by atoms with Crippen LogP contribution in [0.3, 0.4) is 0 Å². The van der Waals surface area contributed by atoms with Crippen LogP contribution in [0.1, 0.15) is 0 Å². The van der Waals surface area contributed by atoms with Crippen LogP contribution >= 0.6 is 0 Å². The highest BCUT2D eigenvalue weighted by molar-refractivity contribution is 4.76. The quantitative estimate of drug-likeness (QED) is 0.529. The second kappa shape index (κ2) is 2.40. The zero-order chi connectivity index (χ0) is 5.98. The molecule has 0 aromatic heterocycles. The van der Waals surface area contributed by atoms with E-state index in [0.29, 0.717) is 6.61 Å². The molecule has 48 valence electrons. The summed E-state index contributed by atoms with van der Waals surface area (Å²) in [5.41, 5.74) is 0. The third-order valence-electron chi connectivity index (χ3n) is 1.40. The van der Waals surface area contributed by atoms with E-state index in [2.05, 4.69) is 4.74 Å². The fourth-order valence-corrected chi connectivity index (χ4v) is 0.683. The molecule has 2 atom stereocenters. The van der Waals surface area contributed by atoms with Crippen molar-refractivity contribution in [3.05, 3.63) is 0 Å². The van der Waals surface area contributed by atoms with Gasteiger partial charge in [-0.05, 0) is 0 Å². The fraction of sp³-hybridized carbons (Fsp3) is 1.00. The molecule has 8 heavy (non-hydrogen) atoms. The van der Waals surface area contributed by atoms with Gasteiger partial charge in [0, 0.05) is 5.92 Å². The highest BCUT2D eigenvalue weighted by Gasteiger charge is 2.31. The van der Waals surface area contributed by atoms with Gasteiger partial charge in [0.05, 0.1) is 19.4 Å². The molecule has 0 aliphatic carbocycles. The summed E-state index contributed by atoms with van der Waals surface area (Å²) in [6, 6.07) is 0. The monoisotopic (exact) mass is 122 g/mol. The molecular formula is C5H8F2O. The summed E-state index contributed by atoms with van der Waals surface area (Å²) in [4.78, 5) is 0. The van der Waals surface area contributed by atoms with Gasteiger partial charge < -0.3 is 4.74 Å². The van der Waals surface area contributed by atoms with Gasteiger partial charge in [0.1, 0.15) is 6.67 Å². The predicted octanol–water partition coefficient (Wildman–Crippen LogP) is 0.940. The first-order valence-corrected chi connectivity index (χ1v) is 2.62. The van der Waals surface area contributed by atoms with E-state index in [4.69, 9.17) is 0 Å². The molecule has 1 aliphatic heterocycles. The number of rotatable bonds is 2. The molecule has 1 nitrogen and oxygen atoms in total. The molecule has 1 rings (SSSR count). The Morgan fingerprint density at radius 3 is 2.25 bits per heavy atom. The minimum atomic E-state index is -0.547. The highest BCUT2D eigenvalue weighted by Crippen LogP contribution is 2.20. The number of hydrogen-bond donors (Lipinski definition) is 0. The smallest absolute Gasteiger partial charge is 0.116 e. The lowest BCUT2D eigenvalue weighted by Gasteiger charge is -2.32. The lowest BCUT2D eigenvalue weighted by Crippen LogP contribution is -2.42. The zero-order valence-electron chi connectivity index (χ0n) is 4.44. The highest BCUT2D eigenvalue weighted by atomic mass is 19.1. The van der Waals surface area contributed by atoms with Gasteiger partial charge in [-0.2, -0.15) is 0 Å². The molecule has 0 N–H and O–H groups in total. The van der Waals surface area contributed by atoms with Crippen molar-refractivity contribution >= 4 is 0 Å². The van der Waals surface area contributed by atoms with Crippen LogP contribution in [0.25, 0.3) is 0 Å². The van der Waals surface area contributed by atoms with Crippen LogP contribution in [0.15, 0.2) is 0 Å². The van der Waals surface area contributed by atoms with Gasteiger partial charge in [-0.25, -0.2) is 4.39 Å². The SMILES string of the molecule is FCC1COC1CF. The molecule has 3 heteroatoms. The molecular weight excluding hydrogens is 114 g/mol. The van der Waals surface area contributed by atoms with Crippen molar-refractivity contribution in [3.63, 3.8) is 0 Å². The van der Waals surface area contributed by atoms with Crippen molar-refractivity contribution < 1.29 is 13.5 Å². The van der Waals surface area contributed by atoms with Crippen molar-refractivity contribution in [2.24, 2.45) is 5.92 Å². The maximum atomic E-state index is 11.6. The molecule has 1 saturated heterocycles. The van der Waals surface area contributed by atoms with Crippen LogP contribution in [0.2, 0.25) is 0 Å². The van der Waals surface area contributed by atoms with Crippen LogP contribution in [0.5, 0.6) is 0 Å². The maximum Gasteiger partial charge on any atom is 0.116 e. The summed E-state index contributed by atoms with van der Waals surface area (Å²) in [7, 11) is 0. The average Bonchev–Trinajstić information content (AvgIpc) is 1.66. The van der Waals surface area contributed by atoms with E-state index in [9.17, 15) is 8.78 Å². The molecule has 0 saturated carbocycles. The predicted molar refractivity (Wildman–Crippen MR) is 25.2 cm³/mol. The Hall–Kier alpha value is -0.180. The molecule has 0 aromatic carbocycles. The minimum absolute atomic E-state index is 0.167. The lowest BCUT2D eigenvalue weighted by molar-refractivity contribution is -0.129. The van der Waals surface area contributed by atoms with E-state index in [-0.39, 0.29) is 5.92 Å². The standard InChI is InChI=1S/C5H8F2O/c6-1-4-3-8-5(4)2-7/h4-5H,1-3H2. The summed E-state index contributed by atoms with van der Waals surface area (Å²) < 4.78 is 27.9. The van der Waals surface area contributed by atoms with E-state index >= 15 is 0 Å². The Balaban J connectivity index is 2.16. The summed E-state index contributed by atoms with van der Waals surface area (Å²) in [5.74, 6) is -0.167. The first-order valence-electron chi connectivity index (χ1n) is 2.62. The molecule has 0 spiro atoms. The molecule has 1 heterocycles. The van der Waals surface area contributed by atoms with Gasteiger partial charge in [0.25, 0.3) is 0 Å². The first kappa shape index (κ1) is 5.95. The van der Waals surface area contributed by atoms with E-state index in [1.807, 2.05) is 0 Å². The number of hydrogen-bond acceptors (Lipinski definition) is 1. The van der Waals surface area contributed by atoms with Crippen LogP contribution in [-0.4, -0.2) is 26.1 Å². The summed E-state index contributed by atoms with van der Waals surface area (Å²) >= 11 is 0. The van der Waals surface area contributed by atoms with Gasteiger partial charge in [-0.1, -0.05) is 0 Å². The van der Waals surface area contributed by atoms with Gasteiger partial charge in [0.15, 0.2) is 0 Å². The Morgan fingerprint density at radius 1 is 1.38 bits per heavy atom. The first-order chi connectivity index (χ1) is 3.88. The third-order valence-corrected chi connectivity index (χ3v) is 1.40. The largest absolute Gasteiger partial charge is 0.375 e. The number of ether oxygens (including phenoxy) is 1. The van der Waals surface area contributed by atoms with E-state index in [1.54, 1.807) is 0 Å². The van der Waals surface area contributed by atoms with Gasteiger partial charge >= 0.3 is 0 Å². The lowest BCUT2D eigenvalue weighted by atomic mass is 10.0. The maximum absolute atomic E-state index is 11.6. The topological polar surface area (TPSA) is 9.23 Å². The summed E-state index contributed by atoms with van der Waals surface area (Å²) in [6.45, 7) is -0.603. The van der Waals surface area contributed by atoms with Crippen LogP contribution in [-0.2, 0) is 4.74 Å². The van der Waals surface area contributed by atoms with Crippen molar-refractivity contribution in [1.82, 2.24) is 0 Å². The second-order valence-corrected chi connectivity index (χ2v) is 1.94. The molecule has 2 unspecified atom stereocenters. The fourth-order valence-electron chi connectivity index (χ4n) is 0.683. The Labute approximate surface area is 46.6 Å². The molecule has 1 aliphatic rings. The van der Waals surface area contributed by atoms with Gasteiger partial charge in [0.2, 0.25) is 0 Å². The summed E-state index contributed by atoms with van der Waals surface area (Å²) in [5, 5.41) is 0. The Kier molecular flexibility index (Phi) is 1.78. The van der Waals surface area contributed by atoms with Crippen LogP contribution < -0.4 is 0 Å². The molecule has 0 radical (unpaired) electrons. The second-order valence-electron chi connectivity index (χ2n) is 1.94. The van der Waals surface area contributed by atoms with E-state index in [1.165, 1.54) is 0 Å². The third kappa shape index (κ3) is 0.823. The molecule has 0 aromatic rings. The summed E-state index contributed by atoms with van der Waals surface area (Å²) in [6.07, 6.45) is -0.444. The van der Waals surface area contributed by atoms with Crippen molar-refractivity contribution in [2.75, 3.05) is 20.0 Å². The van der Waals surface area contributed by atoms with Gasteiger partial charge in [-0.3, -0.25) is 4.39 Å². The number of halogens is 2. The van der Waals surface area contributed by atoms with Crippen LogP contribution in [0, 0.1) is 5.92 Å². The van der Waals surface area contributed by atoms with Crippen LogP contribution in [0.4, 0.5) is 8.78 Å². The molecule has 0 bridgehead atoms. The average molecular weight is 122 g/mol. The van der Waals surface area contributed by atoms with Crippen molar-refractivity contribution in [2.45, 2.75) is 6.10 Å². The van der Waals surface area contributed by atoms with Crippen molar-refractivity contribution in [1.29, 1.82) is 0 Å². The number of alkyl halides is 2.